The van der Waals surface area contributed by atoms with Gasteiger partial charge in [-0.3, -0.25) is 0 Å². The standard InChI is InChI=1S/C36H21B3O6/c1-4-10-22(11-5-1)37-40-31-16-25-26(17-32(31)41-37)28-19-34-36(45-39(43-34)24-14-8-3-9-15-24)21-30(28)29-20-35-33(18-27(25)29)42-38(44-35)23-12-6-2-7-13-23/h1-21H. The van der Waals surface area contributed by atoms with Gasteiger partial charge in [-0.1, -0.05) is 91.0 Å². The molecule has 0 N–H and O–H groups in total. The Hall–Kier alpha value is -5.69. The van der Waals surface area contributed by atoms with Gasteiger partial charge in [0.15, 0.2) is 0 Å². The van der Waals surface area contributed by atoms with E-state index < -0.39 is 21.4 Å². The molecule has 3 aliphatic rings. The average molecular weight is 582 g/mol. The molecule has 0 saturated carbocycles. The minimum Gasteiger partial charge on any atom is -0.519 e. The summed E-state index contributed by atoms with van der Waals surface area (Å²) in [5.41, 5.74) is 2.87. The van der Waals surface area contributed by atoms with Gasteiger partial charge >= 0.3 is 21.4 Å². The summed E-state index contributed by atoms with van der Waals surface area (Å²) in [7, 11) is -1.55. The molecule has 0 saturated heterocycles. The number of hydrogen-bond acceptors (Lipinski definition) is 6. The van der Waals surface area contributed by atoms with Crippen LogP contribution in [0.1, 0.15) is 0 Å². The molecule has 0 radical (unpaired) electrons. The second-order valence-electron chi connectivity index (χ2n) is 11.5. The Labute approximate surface area is 259 Å². The second-order valence-corrected chi connectivity index (χ2v) is 11.5. The van der Waals surface area contributed by atoms with Crippen molar-refractivity contribution in [1.29, 1.82) is 0 Å². The zero-order valence-electron chi connectivity index (χ0n) is 23.8. The van der Waals surface area contributed by atoms with Crippen LogP contribution in [0, 0.1) is 0 Å². The van der Waals surface area contributed by atoms with Gasteiger partial charge < -0.3 is 27.9 Å². The SMILES string of the molecule is c1ccc(B2Oc3cc4c5cc6c(cc5c5cc7c(cc5c4cc3O2)OB(c2ccccc2)O7)OB(c2ccccc2)O6)cc1. The lowest BCUT2D eigenvalue weighted by molar-refractivity contribution is 0.518. The number of rotatable bonds is 3. The zero-order chi connectivity index (χ0) is 29.5. The second kappa shape index (κ2) is 9.41. The van der Waals surface area contributed by atoms with Crippen molar-refractivity contribution in [2.24, 2.45) is 0 Å². The third-order valence-corrected chi connectivity index (χ3v) is 8.74. The van der Waals surface area contributed by atoms with E-state index >= 15 is 0 Å². The van der Waals surface area contributed by atoms with Crippen LogP contribution < -0.4 is 44.3 Å². The molecule has 0 atom stereocenters. The van der Waals surface area contributed by atoms with E-state index in [1.807, 2.05) is 91.0 Å². The van der Waals surface area contributed by atoms with Gasteiger partial charge in [-0.2, -0.15) is 0 Å². The van der Waals surface area contributed by atoms with E-state index in [2.05, 4.69) is 36.4 Å². The van der Waals surface area contributed by atoms with E-state index in [4.69, 9.17) is 27.9 Å². The zero-order valence-corrected chi connectivity index (χ0v) is 23.8. The quantitative estimate of drug-likeness (QED) is 0.199. The van der Waals surface area contributed by atoms with E-state index in [-0.39, 0.29) is 0 Å². The van der Waals surface area contributed by atoms with Crippen molar-refractivity contribution in [2.45, 2.75) is 0 Å². The molecule has 3 heterocycles. The van der Waals surface area contributed by atoms with Crippen molar-refractivity contribution in [3.05, 3.63) is 127 Å². The van der Waals surface area contributed by atoms with Crippen LogP contribution in [0.3, 0.4) is 0 Å². The predicted octanol–water partition coefficient (Wildman–Crippen LogP) is 5.65. The fourth-order valence-corrected chi connectivity index (χ4v) is 6.57. The van der Waals surface area contributed by atoms with Gasteiger partial charge in [-0.15, -0.1) is 0 Å². The summed E-state index contributed by atoms with van der Waals surface area (Å²) in [6, 6.07) is 42.4. The number of fused-ring (bicyclic) bond motifs is 9. The largest absolute Gasteiger partial charge is 0.632 e. The Morgan fingerprint density at radius 3 is 0.667 bits per heavy atom. The molecule has 7 aromatic rings. The summed E-state index contributed by atoms with van der Waals surface area (Å²) >= 11 is 0. The van der Waals surface area contributed by atoms with E-state index in [1.165, 1.54) is 0 Å². The van der Waals surface area contributed by atoms with Gasteiger partial charge in [0.2, 0.25) is 0 Å². The monoisotopic (exact) mass is 582 g/mol. The van der Waals surface area contributed by atoms with Crippen LogP contribution in [-0.2, 0) is 0 Å². The van der Waals surface area contributed by atoms with Gasteiger partial charge in [-0.25, -0.2) is 0 Å². The molecule has 3 aliphatic heterocycles. The van der Waals surface area contributed by atoms with Gasteiger partial charge in [0.25, 0.3) is 0 Å². The first kappa shape index (κ1) is 24.7. The molecular formula is C36H21B3O6. The van der Waals surface area contributed by atoms with Gasteiger partial charge in [0.1, 0.15) is 34.5 Å². The van der Waals surface area contributed by atoms with Crippen LogP contribution in [0.2, 0.25) is 0 Å². The summed E-state index contributed by atoms with van der Waals surface area (Å²) in [6.07, 6.45) is 0. The molecular weight excluding hydrogens is 561 g/mol. The highest BCUT2D eigenvalue weighted by Gasteiger charge is 2.38. The van der Waals surface area contributed by atoms with E-state index in [0.717, 1.165) is 48.7 Å². The van der Waals surface area contributed by atoms with Crippen molar-refractivity contribution < 1.29 is 27.9 Å². The molecule has 10 rings (SSSR count). The highest BCUT2D eigenvalue weighted by atomic mass is 16.6. The normalized spacial score (nSPS) is 14.3. The van der Waals surface area contributed by atoms with Crippen LogP contribution in [0.25, 0.3) is 32.3 Å². The molecule has 0 unspecified atom stereocenters. The lowest BCUT2D eigenvalue weighted by Gasteiger charge is -2.14. The highest BCUT2D eigenvalue weighted by Crippen LogP contribution is 2.49. The van der Waals surface area contributed by atoms with Crippen LogP contribution in [0.4, 0.5) is 0 Å². The lowest BCUT2D eigenvalue weighted by Crippen LogP contribution is -2.38. The van der Waals surface area contributed by atoms with Crippen LogP contribution in [0.5, 0.6) is 34.5 Å². The Morgan fingerprint density at radius 1 is 0.267 bits per heavy atom. The Morgan fingerprint density at radius 2 is 0.467 bits per heavy atom. The molecule has 6 nitrogen and oxygen atoms in total. The molecule has 210 valence electrons. The summed E-state index contributed by atoms with van der Waals surface area (Å²) in [5, 5.41) is 6.09. The molecule has 45 heavy (non-hydrogen) atoms. The average Bonchev–Trinajstić information content (AvgIpc) is 3.83. The van der Waals surface area contributed by atoms with Gasteiger partial charge in [0, 0.05) is 16.4 Å². The smallest absolute Gasteiger partial charge is 0.519 e. The van der Waals surface area contributed by atoms with Crippen molar-refractivity contribution in [3.63, 3.8) is 0 Å². The van der Waals surface area contributed by atoms with Crippen LogP contribution in [-0.4, -0.2) is 21.4 Å². The number of hydrogen-bond donors (Lipinski definition) is 0. The Balaban J connectivity index is 1.17. The molecule has 0 amide bonds. The predicted molar refractivity (Wildman–Crippen MR) is 178 cm³/mol. The van der Waals surface area contributed by atoms with E-state index in [1.54, 1.807) is 0 Å². The van der Waals surface area contributed by atoms with E-state index in [0.29, 0.717) is 34.5 Å². The molecule has 0 spiro atoms. The molecule has 0 aliphatic carbocycles. The van der Waals surface area contributed by atoms with Crippen molar-refractivity contribution in [1.82, 2.24) is 0 Å². The first-order chi connectivity index (χ1) is 22.2. The first-order valence-electron chi connectivity index (χ1n) is 15.0. The van der Waals surface area contributed by atoms with Gasteiger partial charge in [0.05, 0.1) is 0 Å². The first-order valence-corrected chi connectivity index (χ1v) is 15.0. The summed E-state index contributed by atoms with van der Waals surface area (Å²) in [4.78, 5) is 0. The third kappa shape index (κ3) is 3.87. The minimum absolute atomic E-state index is 0.518. The topological polar surface area (TPSA) is 55.4 Å². The van der Waals surface area contributed by atoms with Crippen LogP contribution >= 0.6 is 0 Å². The molecule has 0 fully saturated rings. The summed E-state index contributed by atoms with van der Waals surface area (Å²) in [5.74, 6) is 4.18. The molecule has 0 aromatic heterocycles. The van der Waals surface area contributed by atoms with Crippen molar-refractivity contribution >= 4 is 70.1 Å². The highest BCUT2D eigenvalue weighted by molar-refractivity contribution is 6.64. The number of benzene rings is 7. The van der Waals surface area contributed by atoms with E-state index in [9.17, 15) is 0 Å². The van der Waals surface area contributed by atoms with Crippen molar-refractivity contribution in [3.8, 4) is 34.5 Å². The molecule has 9 heteroatoms. The van der Waals surface area contributed by atoms with Gasteiger partial charge in [-0.05, 0) is 68.7 Å². The molecule has 7 aromatic carbocycles. The summed E-state index contributed by atoms with van der Waals surface area (Å²) < 4.78 is 38.1. The fraction of sp³-hybridized carbons (Fsp3) is 0. The fourth-order valence-electron chi connectivity index (χ4n) is 6.57. The van der Waals surface area contributed by atoms with Crippen molar-refractivity contribution in [2.75, 3.05) is 0 Å². The Bertz CT molecular complexity index is 1910. The van der Waals surface area contributed by atoms with Crippen LogP contribution in [0.15, 0.2) is 127 Å². The maximum Gasteiger partial charge on any atom is 0.632 e. The maximum absolute atomic E-state index is 6.34. The Kier molecular flexibility index (Phi) is 5.17. The maximum atomic E-state index is 6.34. The lowest BCUT2D eigenvalue weighted by atomic mass is 9.79. The minimum atomic E-state index is -0.518. The third-order valence-electron chi connectivity index (χ3n) is 8.74. The summed E-state index contributed by atoms with van der Waals surface area (Å²) in [6.45, 7) is 0. The molecule has 0 bridgehead atoms.